The number of nitrogens with two attached hydrogens (primary N) is 2. The highest BCUT2D eigenvalue weighted by Gasteiger charge is 1.99. The van der Waals surface area contributed by atoms with Crippen LogP contribution >= 0.6 is 23.2 Å². The Balaban J connectivity index is 2.66. The summed E-state index contributed by atoms with van der Waals surface area (Å²) < 4.78 is 0. The van der Waals surface area contributed by atoms with E-state index in [9.17, 15) is 0 Å². The monoisotopic (exact) mass is 273 g/mol. The van der Waals surface area contributed by atoms with Crippen molar-refractivity contribution < 1.29 is 0 Å². The molecular weight excluding hydrogens is 261 g/mol. The molecule has 5 N–H and O–H groups in total. The summed E-state index contributed by atoms with van der Waals surface area (Å²) in [7, 11) is 1.55. The van der Waals surface area contributed by atoms with E-state index in [1.165, 1.54) is 0 Å². The second-order valence-corrected chi connectivity index (χ2v) is 4.00. The van der Waals surface area contributed by atoms with E-state index in [0.717, 1.165) is 5.56 Å². The molecule has 0 saturated carbocycles. The molecule has 1 rings (SSSR count). The first-order chi connectivity index (χ1) is 8.02. The molecule has 17 heavy (non-hydrogen) atoms. The van der Waals surface area contributed by atoms with Crippen molar-refractivity contribution in [3.63, 3.8) is 0 Å². The van der Waals surface area contributed by atoms with E-state index in [0.29, 0.717) is 16.6 Å². The number of halogens is 2. The van der Waals surface area contributed by atoms with E-state index in [-0.39, 0.29) is 11.9 Å². The topological polar surface area (TPSA) is 88.8 Å². The summed E-state index contributed by atoms with van der Waals surface area (Å²) >= 11 is 11.7. The summed E-state index contributed by atoms with van der Waals surface area (Å²) in [5, 5.41) is 3.62. The van der Waals surface area contributed by atoms with Crippen LogP contribution in [0.5, 0.6) is 0 Å². The van der Waals surface area contributed by atoms with Crippen LogP contribution in [0.3, 0.4) is 0 Å². The highest BCUT2D eigenvalue weighted by Crippen LogP contribution is 2.22. The summed E-state index contributed by atoms with van der Waals surface area (Å²) in [6.45, 7) is 0.382. The Kier molecular flexibility index (Phi) is 5.06. The molecule has 0 saturated heterocycles. The molecule has 0 spiro atoms. The molecule has 0 bridgehead atoms. The third kappa shape index (κ3) is 4.50. The lowest BCUT2D eigenvalue weighted by Gasteiger charge is -2.04. The smallest absolute Gasteiger partial charge is 0.195 e. The predicted octanol–water partition coefficient (Wildman–Crippen LogP) is 1.34. The number of benzene rings is 1. The van der Waals surface area contributed by atoms with Gasteiger partial charge in [-0.15, -0.1) is 0 Å². The van der Waals surface area contributed by atoms with Gasteiger partial charge >= 0.3 is 0 Å². The maximum atomic E-state index is 5.87. The average Bonchev–Trinajstić information content (AvgIpc) is 2.30. The van der Waals surface area contributed by atoms with Crippen molar-refractivity contribution in [1.29, 1.82) is 0 Å². The van der Waals surface area contributed by atoms with E-state index in [1.807, 2.05) is 6.07 Å². The molecule has 5 nitrogen and oxygen atoms in total. The van der Waals surface area contributed by atoms with Crippen molar-refractivity contribution in [3.05, 3.63) is 33.8 Å². The highest BCUT2D eigenvalue weighted by atomic mass is 35.5. The SMILES string of the molecule is CN=C(N)NC(N)=NCc1ccc(Cl)c(Cl)c1. The van der Waals surface area contributed by atoms with Gasteiger partial charge in [-0.3, -0.25) is 10.3 Å². The van der Waals surface area contributed by atoms with E-state index < -0.39 is 0 Å². The first-order valence-corrected chi connectivity index (χ1v) is 5.51. The molecule has 0 fully saturated rings. The summed E-state index contributed by atoms with van der Waals surface area (Å²) in [6.07, 6.45) is 0. The zero-order valence-electron chi connectivity index (χ0n) is 9.24. The minimum absolute atomic E-state index is 0.194. The maximum absolute atomic E-state index is 5.87. The summed E-state index contributed by atoms with van der Waals surface area (Å²) in [5.74, 6) is 0.402. The van der Waals surface area contributed by atoms with E-state index >= 15 is 0 Å². The second-order valence-electron chi connectivity index (χ2n) is 3.18. The number of aliphatic imine (C=N–C) groups is 2. The zero-order valence-corrected chi connectivity index (χ0v) is 10.8. The van der Waals surface area contributed by atoms with E-state index in [1.54, 1.807) is 19.2 Å². The van der Waals surface area contributed by atoms with Crippen molar-refractivity contribution in [2.45, 2.75) is 6.54 Å². The number of rotatable bonds is 2. The molecule has 0 aromatic heterocycles. The van der Waals surface area contributed by atoms with Crippen LogP contribution in [0.25, 0.3) is 0 Å². The van der Waals surface area contributed by atoms with Crippen LogP contribution in [0.1, 0.15) is 5.56 Å². The molecule has 0 unspecified atom stereocenters. The predicted molar refractivity (Wildman–Crippen MR) is 72.5 cm³/mol. The molecule has 1 aromatic rings. The van der Waals surface area contributed by atoms with Gasteiger partial charge in [-0.05, 0) is 17.7 Å². The summed E-state index contributed by atoms with van der Waals surface area (Å²) in [5.41, 5.74) is 11.9. The molecule has 0 radical (unpaired) electrons. The Morgan fingerprint density at radius 2 is 1.94 bits per heavy atom. The molecule has 0 amide bonds. The van der Waals surface area contributed by atoms with Gasteiger partial charge in [-0.2, -0.15) is 0 Å². The van der Waals surface area contributed by atoms with Gasteiger partial charge in [0.15, 0.2) is 11.9 Å². The van der Waals surface area contributed by atoms with Gasteiger partial charge in [0.25, 0.3) is 0 Å². The molecule has 0 aliphatic carbocycles. The lowest BCUT2D eigenvalue weighted by molar-refractivity contribution is 1.04. The minimum Gasteiger partial charge on any atom is -0.370 e. The Morgan fingerprint density at radius 1 is 1.24 bits per heavy atom. The number of hydrogen-bond acceptors (Lipinski definition) is 2. The van der Waals surface area contributed by atoms with Gasteiger partial charge in [-0.25, -0.2) is 4.99 Å². The normalized spacial score (nSPS) is 12.6. The second kappa shape index (κ2) is 6.32. The van der Waals surface area contributed by atoms with Gasteiger partial charge in [-0.1, -0.05) is 29.3 Å². The number of guanidine groups is 2. The van der Waals surface area contributed by atoms with Crippen molar-refractivity contribution in [3.8, 4) is 0 Å². The molecule has 0 aliphatic rings. The number of hydrogen-bond donors (Lipinski definition) is 3. The number of nitrogens with zero attached hydrogens (tertiary/aromatic N) is 2. The molecule has 92 valence electrons. The fourth-order valence-electron chi connectivity index (χ4n) is 1.04. The Morgan fingerprint density at radius 3 is 2.53 bits per heavy atom. The lowest BCUT2D eigenvalue weighted by atomic mass is 10.2. The number of nitrogens with one attached hydrogen (secondary N) is 1. The van der Waals surface area contributed by atoms with Gasteiger partial charge in [0.2, 0.25) is 0 Å². The third-order valence-electron chi connectivity index (χ3n) is 1.91. The van der Waals surface area contributed by atoms with Crippen LogP contribution in [-0.4, -0.2) is 19.0 Å². The lowest BCUT2D eigenvalue weighted by Crippen LogP contribution is -2.41. The largest absolute Gasteiger partial charge is 0.370 e. The Labute approximate surface area is 110 Å². The van der Waals surface area contributed by atoms with E-state index in [2.05, 4.69) is 15.3 Å². The van der Waals surface area contributed by atoms with Crippen LogP contribution in [0.4, 0.5) is 0 Å². The first kappa shape index (κ1) is 13.6. The van der Waals surface area contributed by atoms with Crippen molar-refractivity contribution in [2.75, 3.05) is 7.05 Å². The van der Waals surface area contributed by atoms with Crippen LogP contribution in [0, 0.1) is 0 Å². The quantitative estimate of drug-likeness (QED) is 0.561. The van der Waals surface area contributed by atoms with Gasteiger partial charge in [0.1, 0.15) is 0 Å². The van der Waals surface area contributed by atoms with Crippen LogP contribution in [-0.2, 0) is 6.54 Å². The molecule has 0 heterocycles. The van der Waals surface area contributed by atoms with Gasteiger partial charge < -0.3 is 11.5 Å². The molecular formula is C10H13Cl2N5. The van der Waals surface area contributed by atoms with E-state index in [4.69, 9.17) is 34.7 Å². The van der Waals surface area contributed by atoms with Crippen molar-refractivity contribution in [2.24, 2.45) is 21.5 Å². The Hall–Kier alpha value is -1.46. The van der Waals surface area contributed by atoms with Crippen molar-refractivity contribution in [1.82, 2.24) is 5.32 Å². The van der Waals surface area contributed by atoms with Crippen LogP contribution in [0.2, 0.25) is 10.0 Å². The third-order valence-corrected chi connectivity index (χ3v) is 2.65. The van der Waals surface area contributed by atoms with Crippen LogP contribution < -0.4 is 16.8 Å². The molecule has 7 heteroatoms. The fraction of sp³-hybridized carbons (Fsp3) is 0.200. The Bertz CT molecular complexity index is 456. The fourth-order valence-corrected chi connectivity index (χ4v) is 1.36. The van der Waals surface area contributed by atoms with Crippen LogP contribution in [0.15, 0.2) is 28.2 Å². The standard InChI is InChI=1S/C10H13Cl2N5/c1-15-9(13)17-10(14)16-5-6-2-3-7(11)8(12)4-6/h2-4H,5H2,1H3,(H5,13,14,15,16,17). The average molecular weight is 274 g/mol. The molecule has 0 atom stereocenters. The molecule has 1 aromatic carbocycles. The first-order valence-electron chi connectivity index (χ1n) is 4.76. The maximum Gasteiger partial charge on any atom is 0.195 e. The van der Waals surface area contributed by atoms with Crippen molar-refractivity contribution >= 4 is 35.1 Å². The zero-order chi connectivity index (χ0) is 12.8. The molecule has 0 aliphatic heterocycles. The summed E-state index contributed by atoms with van der Waals surface area (Å²) in [4.78, 5) is 7.77. The highest BCUT2D eigenvalue weighted by molar-refractivity contribution is 6.42. The summed E-state index contributed by atoms with van der Waals surface area (Å²) in [6, 6.07) is 5.26. The minimum atomic E-state index is 0.194. The van der Waals surface area contributed by atoms with Gasteiger partial charge in [0.05, 0.1) is 16.6 Å². The van der Waals surface area contributed by atoms with Gasteiger partial charge in [0, 0.05) is 7.05 Å².